The number of para-hydroxylation sites is 2. The molecule has 2 saturated heterocycles. The van der Waals surface area contributed by atoms with E-state index in [-0.39, 0.29) is 24.0 Å². The van der Waals surface area contributed by atoms with Crippen molar-refractivity contribution in [2.45, 2.75) is 57.9 Å². The first kappa shape index (κ1) is 22.6. The fourth-order valence-electron chi connectivity index (χ4n) is 5.20. The molecule has 3 aromatic rings. The maximum absolute atomic E-state index is 13.4. The Kier molecular flexibility index (Phi) is 6.39. The fourth-order valence-corrected chi connectivity index (χ4v) is 5.20. The monoisotopic (exact) mass is 459 g/mol. The van der Waals surface area contributed by atoms with Crippen molar-refractivity contribution < 1.29 is 9.53 Å². The van der Waals surface area contributed by atoms with Crippen LogP contribution < -0.4 is 11.1 Å². The zero-order valence-electron chi connectivity index (χ0n) is 19.9. The average molecular weight is 460 g/mol. The smallest absolute Gasteiger partial charge is 0.272 e. The second-order valence-corrected chi connectivity index (χ2v) is 9.69. The normalized spacial score (nSPS) is 22.5. The molecule has 178 valence electrons. The number of carbonyl (C=O) groups is 1. The molecule has 3 atom stereocenters. The first-order valence-corrected chi connectivity index (χ1v) is 12.1. The summed E-state index contributed by atoms with van der Waals surface area (Å²) in [5.41, 5.74) is 10.9. The zero-order valence-corrected chi connectivity index (χ0v) is 19.9. The molecule has 7 heteroatoms. The third kappa shape index (κ3) is 4.58. The van der Waals surface area contributed by atoms with Crippen LogP contribution in [0.15, 0.2) is 60.2 Å². The molecule has 0 spiro atoms. The van der Waals surface area contributed by atoms with Crippen LogP contribution in [0.1, 0.15) is 42.7 Å². The zero-order chi connectivity index (χ0) is 23.7. The Morgan fingerprint density at radius 3 is 2.56 bits per heavy atom. The summed E-state index contributed by atoms with van der Waals surface area (Å²) < 4.78 is 7.78. The number of benzene rings is 2. The van der Waals surface area contributed by atoms with Crippen LogP contribution >= 0.6 is 0 Å². The lowest BCUT2D eigenvalue weighted by molar-refractivity contribution is -0.0842. The van der Waals surface area contributed by atoms with Gasteiger partial charge in [-0.05, 0) is 44.4 Å². The molecule has 1 amide bonds. The van der Waals surface area contributed by atoms with Crippen molar-refractivity contribution in [2.24, 2.45) is 0 Å². The number of nitrogens with zero attached hydrogens (tertiary/aromatic N) is 3. The first-order chi connectivity index (χ1) is 16.5. The number of allylic oxidation sites excluding steroid dienone is 2. The second-order valence-electron chi connectivity index (χ2n) is 9.69. The minimum atomic E-state index is -0.100. The molecular weight excluding hydrogens is 426 g/mol. The predicted molar refractivity (Wildman–Crippen MR) is 134 cm³/mol. The molecule has 2 bridgehead atoms. The molecule has 3 N–H and O–H groups in total. The van der Waals surface area contributed by atoms with Crippen LogP contribution in [-0.2, 0) is 17.8 Å². The molecule has 0 radical (unpaired) electrons. The van der Waals surface area contributed by atoms with Crippen LogP contribution in [0.25, 0.3) is 10.9 Å². The standard InChI is InChI=1S/C27H33N5O2/c1-18(2)11-12-32-25-10-6-4-8-23(25)26(30-32)27(33)29-20-13-21-16-34-17-22(14-20)31(21)15-19-7-3-5-9-24(19)28/h3-11,20-22H,12-17,28H2,1-2H3,(H,29,33)/t20?,21-,22+. The molecule has 2 aliphatic rings. The quantitative estimate of drug-likeness (QED) is 0.433. The lowest BCUT2D eigenvalue weighted by Crippen LogP contribution is -2.60. The molecule has 1 aromatic heterocycles. The predicted octanol–water partition coefficient (Wildman–Crippen LogP) is 3.75. The first-order valence-electron chi connectivity index (χ1n) is 12.1. The number of ether oxygens (including phenoxy) is 1. The van der Waals surface area contributed by atoms with Crippen LogP contribution in [0.4, 0.5) is 5.69 Å². The van der Waals surface area contributed by atoms with Gasteiger partial charge in [0, 0.05) is 35.7 Å². The van der Waals surface area contributed by atoms with E-state index >= 15 is 0 Å². The molecule has 7 nitrogen and oxygen atoms in total. The van der Waals surface area contributed by atoms with Crippen molar-refractivity contribution in [3.8, 4) is 0 Å². The van der Waals surface area contributed by atoms with Crippen molar-refractivity contribution in [1.82, 2.24) is 20.0 Å². The number of amides is 1. The molecular formula is C27H33N5O2. The minimum absolute atomic E-state index is 0.0949. The molecule has 34 heavy (non-hydrogen) atoms. The second kappa shape index (κ2) is 9.60. The van der Waals surface area contributed by atoms with Crippen LogP contribution in [-0.4, -0.2) is 51.9 Å². The van der Waals surface area contributed by atoms with E-state index in [1.807, 2.05) is 47.1 Å². The molecule has 1 unspecified atom stereocenters. The van der Waals surface area contributed by atoms with Gasteiger partial charge in [0.05, 0.1) is 25.3 Å². The van der Waals surface area contributed by atoms with Crippen molar-refractivity contribution in [3.05, 3.63) is 71.4 Å². The fraction of sp³-hybridized carbons (Fsp3) is 0.407. The summed E-state index contributed by atoms with van der Waals surface area (Å²) in [4.78, 5) is 15.9. The number of carbonyl (C=O) groups excluding carboxylic acids is 1. The number of piperidine rings is 1. The van der Waals surface area contributed by atoms with E-state index in [0.717, 1.165) is 41.5 Å². The van der Waals surface area contributed by atoms with E-state index < -0.39 is 0 Å². The molecule has 2 fully saturated rings. The Morgan fingerprint density at radius 1 is 1.12 bits per heavy atom. The molecule has 2 aliphatic heterocycles. The number of nitrogens with two attached hydrogens (primary N) is 1. The summed E-state index contributed by atoms with van der Waals surface area (Å²) in [5.74, 6) is -0.100. The van der Waals surface area contributed by atoms with E-state index in [1.54, 1.807) is 0 Å². The van der Waals surface area contributed by atoms with Crippen LogP contribution in [0, 0.1) is 0 Å². The summed E-state index contributed by atoms with van der Waals surface area (Å²) in [6.45, 7) is 6.95. The Hall–Kier alpha value is -3.16. The lowest BCUT2D eigenvalue weighted by Gasteiger charge is -2.48. The summed E-state index contributed by atoms with van der Waals surface area (Å²) in [5, 5.41) is 8.87. The number of rotatable bonds is 6. The third-order valence-electron chi connectivity index (χ3n) is 6.96. The van der Waals surface area contributed by atoms with E-state index in [1.165, 1.54) is 5.57 Å². The van der Waals surface area contributed by atoms with Gasteiger partial charge in [0.2, 0.25) is 0 Å². The van der Waals surface area contributed by atoms with E-state index in [2.05, 4.69) is 36.2 Å². The van der Waals surface area contributed by atoms with Crippen molar-refractivity contribution in [2.75, 3.05) is 18.9 Å². The number of anilines is 1. The molecule has 5 rings (SSSR count). The van der Waals surface area contributed by atoms with E-state index in [4.69, 9.17) is 15.6 Å². The summed E-state index contributed by atoms with van der Waals surface area (Å²) in [7, 11) is 0. The largest absolute Gasteiger partial charge is 0.398 e. The van der Waals surface area contributed by atoms with Gasteiger partial charge < -0.3 is 15.8 Å². The molecule has 2 aromatic carbocycles. The Labute approximate surface area is 200 Å². The maximum Gasteiger partial charge on any atom is 0.272 e. The molecule has 0 saturated carbocycles. The topological polar surface area (TPSA) is 85.4 Å². The van der Waals surface area contributed by atoms with Gasteiger partial charge in [0.15, 0.2) is 5.69 Å². The van der Waals surface area contributed by atoms with E-state index in [9.17, 15) is 4.79 Å². The van der Waals surface area contributed by atoms with Crippen LogP contribution in [0.2, 0.25) is 0 Å². The van der Waals surface area contributed by atoms with Gasteiger partial charge in [0.1, 0.15) is 0 Å². The number of fused-ring (bicyclic) bond motifs is 3. The number of aromatic nitrogens is 2. The number of nitrogens with one attached hydrogen (secondary N) is 1. The SMILES string of the molecule is CC(C)=CCn1nc(C(=O)NC2C[C@H]3COC[C@@H](C2)N3Cc2ccccc2N)c2ccccc21. The average Bonchev–Trinajstić information content (AvgIpc) is 3.18. The Morgan fingerprint density at radius 2 is 1.82 bits per heavy atom. The van der Waals surface area contributed by atoms with Crippen molar-refractivity contribution in [1.29, 1.82) is 0 Å². The number of hydrogen-bond donors (Lipinski definition) is 2. The number of hydrogen-bond acceptors (Lipinski definition) is 5. The number of nitrogen functional groups attached to an aromatic ring is 1. The van der Waals surface area contributed by atoms with Gasteiger partial charge >= 0.3 is 0 Å². The minimum Gasteiger partial charge on any atom is -0.398 e. The van der Waals surface area contributed by atoms with Gasteiger partial charge in [-0.25, -0.2) is 0 Å². The highest BCUT2D eigenvalue weighted by Gasteiger charge is 2.39. The lowest BCUT2D eigenvalue weighted by atomic mass is 9.89. The summed E-state index contributed by atoms with van der Waals surface area (Å²) in [6, 6.07) is 16.6. The molecule has 3 heterocycles. The third-order valence-corrected chi connectivity index (χ3v) is 6.96. The van der Waals surface area contributed by atoms with E-state index in [0.29, 0.717) is 25.5 Å². The van der Waals surface area contributed by atoms with Gasteiger partial charge in [-0.2, -0.15) is 5.10 Å². The summed E-state index contributed by atoms with van der Waals surface area (Å²) >= 11 is 0. The Balaban J connectivity index is 1.31. The van der Waals surface area contributed by atoms with Gasteiger partial charge in [-0.1, -0.05) is 48.0 Å². The Bertz CT molecular complexity index is 1200. The van der Waals surface area contributed by atoms with Crippen LogP contribution in [0.3, 0.4) is 0 Å². The van der Waals surface area contributed by atoms with Gasteiger partial charge in [0.25, 0.3) is 5.91 Å². The van der Waals surface area contributed by atoms with Crippen molar-refractivity contribution >= 4 is 22.5 Å². The number of morpholine rings is 1. The molecule has 0 aliphatic carbocycles. The van der Waals surface area contributed by atoms with Crippen LogP contribution in [0.5, 0.6) is 0 Å². The van der Waals surface area contributed by atoms with Gasteiger partial charge in [-0.15, -0.1) is 0 Å². The van der Waals surface area contributed by atoms with Crippen molar-refractivity contribution in [3.63, 3.8) is 0 Å². The highest BCUT2D eigenvalue weighted by molar-refractivity contribution is 6.05. The highest BCUT2D eigenvalue weighted by atomic mass is 16.5. The maximum atomic E-state index is 13.4. The summed E-state index contributed by atoms with van der Waals surface area (Å²) in [6.07, 6.45) is 3.83. The highest BCUT2D eigenvalue weighted by Crippen LogP contribution is 2.31. The van der Waals surface area contributed by atoms with Gasteiger partial charge in [-0.3, -0.25) is 14.4 Å².